The van der Waals surface area contributed by atoms with Gasteiger partial charge < -0.3 is 11.1 Å². The SMILES string of the molecule is CCCCCCCC[C@H](NC(=O)Cc1cccc(F)c1)C(N)=O. The molecule has 5 heteroatoms. The van der Waals surface area contributed by atoms with Gasteiger partial charge in [0.1, 0.15) is 11.9 Å². The quantitative estimate of drug-likeness (QED) is 0.615. The van der Waals surface area contributed by atoms with Crippen LogP contribution in [0.4, 0.5) is 4.39 Å². The summed E-state index contributed by atoms with van der Waals surface area (Å²) in [7, 11) is 0. The summed E-state index contributed by atoms with van der Waals surface area (Å²) in [5.74, 6) is -1.22. The van der Waals surface area contributed by atoms with E-state index in [4.69, 9.17) is 5.73 Å². The van der Waals surface area contributed by atoms with Crippen molar-refractivity contribution >= 4 is 11.8 Å². The molecule has 1 aromatic carbocycles. The van der Waals surface area contributed by atoms with Crippen LogP contribution in [0.1, 0.15) is 57.4 Å². The minimum Gasteiger partial charge on any atom is -0.368 e. The molecule has 0 saturated heterocycles. The number of hydrogen-bond acceptors (Lipinski definition) is 2. The maximum absolute atomic E-state index is 13.1. The summed E-state index contributed by atoms with van der Waals surface area (Å²) in [6, 6.07) is 5.22. The molecule has 1 aromatic rings. The molecular weight excluding hydrogens is 295 g/mol. The van der Waals surface area contributed by atoms with Crippen LogP contribution in [-0.2, 0) is 16.0 Å². The van der Waals surface area contributed by atoms with Crippen molar-refractivity contribution in [3.63, 3.8) is 0 Å². The second-order valence-corrected chi connectivity index (χ2v) is 5.89. The van der Waals surface area contributed by atoms with Crippen molar-refractivity contribution in [3.05, 3.63) is 35.6 Å². The van der Waals surface area contributed by atoms with Gasteiger partial charge in [-0.15, -0.1) is 0 Å². The van der Waals surface area contributed by atoms with Crippen LogP contribution >= 0.6 is 0 Å². The molecule has 3 N–H and O–H groups in total. The van der Waals surface area contributed by atoms with E-state index in [-0.39, 0.29) is 18.1 Å². The molecule has 128 valence electrons. The van der Waals surface area contributed by atoms with E-state index in [0.717, 1.165) is 19.3 Å². The Morgan fingerprint density at radius 3 is 2.52 bits per heavy atom. The van der Waals surface area contributed by atoms with Gasteiger partial charge in [0.2, 0.25) is 11.8 Å². The lowest BCUT2D eigenvalue weighted by Crippen LogP contribution is -2.44. The first-order valence-electron chi connectivity index (χ1n) is 8.36. The second-order valence-electron chi connectivity index (χ2n) is 5.89. The van der Waals surface area contributed by atoms with Crippen molar-refractivity contribution in [2.24, 2.45) is 5.73 Å². The van der Waals surface area contributed by atoms with Crippen molar-refractivity contribution in [1.82, 2.24) is 5.32 Å². The highest BCUT2D eigenvalue weighted by molar-refractivity contribution is 5.87. The number of carbonyl (C=O) groups is 2. The lowest BCUT2D eigenvalue weighted by Gasteiger charge is -2.15. The molecule has 0 bridgehead atoms. The van der Waals surface area contributed by atoms with E-state index in [0.29, 0.717) is 12.0 Å². The van der Waals surface area contributed by atoms with Gasteiger partial charge >= 0.3 is 0 Å². The van der Waals surface area contributed by atoms with Gasteiger partial charge in [-0.1, -0.05) is 57.6 Å². The fraction of sp³-hybridized carbons (Fsp3) is 0.556. The summed E-state index contributed by atoms with van der Waals surface area (Å²) in [5, 5.41) is 2.65. The Balaban J connectivity index is 2.36. The average Bonchev–Trinajstić information content (AvgIpc) is 2.49. The lowest BCUT2D eigenvalue weighted by molar-refractivity contribution is -0.127. The fourth-order valence-corrected chi connectivity index (χ4v) is 2.49. The topological polar surface area (TPSA) is 72.2 Å². The summed E-state index contributed by atoms with van der Waals surface area (Å²) in [4.78, 5) is 23.4. The first-order chi connectivity index (χ1) is 11.0. The predicted molar refractivity (Wildman–Crippen MR) is 89.2 cm³/mol. The average molecular weight is 322 g/mol. The lowest BCUT2D eigenvalue weighted by atomic mass is 10.0. The highest BCUT2D eigenvalue weighted by Crippen LogP contribution is 2.09. The second kappa shape index (κ2) is 10.8. The zero-order valence-corrected chi connectivity index (χ0v) is 13.8. The standard InChI is InChI=1S/C18H27FN2O2/c1-2-3-4-5-6-7-11-16(18(20)23)21-17(22)13-14-9-8-10-15(19)12-14/h8-10,12,16H,2-7,11,13H2,1H3,(H2,20,23)(H,21,22)/t16-/m0/s1. The molecule has 23 heavy (non-hydrogen) atoms. The summed E-state index contributed by atoms with van der Waals surface area (Å²) < 4.78 is 13.1. The molecule has 0 heterocycles. The molecule has 0 aliphatic carbocycles. The van der Waals surface area contributed by atoms with Gasteiger partial charge in [0.05, 0.1) is 6.42 Å². The maximum Gasteiger partial charge on any atom is 0.239 e. The summed E-state index contributed by atoms with van der Waals surface area (Å²) in [6.07, 6.45) is 7.24. The van der Waals surface area contributed by atoms with E-state index in [2.05, 4.69) is 12.2 Å². The fourth-order valence-electron chi connectivity index (χ4n) is 2.49. The third-order valence-electron chi connectivity index (χ3n) is 3.78. The molecule has 1 rings (SSSR count). The van der Waals surface area contributed by atoms with Crippen molar-refractivity contribution in [2.75, 3.05) is 0 Å². The summed E-state index contributed by atoms with van der Waals surface area (Å²) >= 11 is 0. The third-order valence-corrected chi connectivity index (χ3v) is 3.78. The van der Waals surface area contributed by atoms with Crippen molar-refractivity contribution in [1.29, 1.82) is 0 Å². The predicted octanol–water partition coefficient (Wildman–Crippen LogP) is 3.09. The van der Waals surface area contributed by atoms with Crippen LogP contribution in [0, 0.1) is 5.82 Å². The molecule has 0 aliphatic heterocycles. The number of unbranched alkanes of at least 4 members (excludes halogenated alkanes) is 5. The van der Waals surface area contributed by atoms with Gasteiger partial charge in [0.25, 0.3) is 0 Å². The van der Waals surface area contributed by atoms with E-state index in [9.17, 15) is 14.0 Å². The van der Waals surface area contributed by atoms with E-state index < -0.39 is 11.9 Å². The summed E-state index contributed by atoms with van der Waals surface area (Å²) in [6.45, 7) is 2.16. The van der Waals surface area contributed by atoms with Gasteiger partial charge in [-0.25, -0.2) is 4.39 Å². The Hall–Kier alpha value is -1.91. The molecule has 2 amide bonds. The zero-order valence-electron chi connectivity index (χ0n) is 13.8. The number of primary amides is 1. The van der Waals surface area contributed by atoms with Gasteiger partial charge in [0.15, 0.2) is 0 Å². The molecule has 4 nitrogen and oxygen atoms in total. The van der Waals surface area contributed by atoms with E-state index >= 15 is 0 Å². The molecular formula is C18H27FN2O2. The number of amides is 2. The van der Waals surface area contributed by atoms with Crippen LogP contribution < -0.4 is 11.1 Å². The maximum atomic E-state index is 13.1. The molecule has 0 radical (unpaired) electrons. The largest absolute Gasteiger partial charge is 0.368 e. The number of rotatable bonds is 11. The molecule has 0 spiro atoms. The molecule has 0 unspecified atom stereocenters. The number of halogens is 1. The highest BCUT2D eigenvalue weighted by atomic mass is 19.1. The Morgan fingerprint density at radius 1 is 1.17 bits per heavy atom. The van der Waals surface area contributed by atoms with Crippen LogP contribution in [-0.4, -0.2) is 17.9 Å². The minimum atomic E-state index is -0.651. The Kier molecular flexibility index (Phi) is 8.95. The Bertz CT molecular complexity index is 506. The summed E-state index contributed by atoms with van der Waals surface area (Å²) in [5.41, 5.74) is 5.93. The van der Waals surface area contributed by atoms with Crippen molar-refractivity contribution in [2.45, 2.75) is 64.3 Å². The van der Waals surface area contributed by atoms with Gasteiger partial charge in [-0.05, 0) is 24.1 Å². The van der Waals surface area contributed by atoms with Crippen molar-refractivity contribution in [3.8, 4) is 0 Å². The van der Waals surface area contributed by atoms with Crippen LogP contribution in [0.5, 0.6) is 0 Å². The van der Waals surface area contributed by atoms with Gasteiger partial charge in [0, 0.05) is 0 Å². The number of carbonyl (C=O) groups excluding carboxylic acids is 2. The van der Waals surface area contributed by atoms with Gasteiger partial charge in [-0.3, -0.25) is 9.59 Å². The first-order valence-corrected chi connectivity index (χ1v) is 8.36. The third kappa shape index (κ3) is 8.33. The number of hydrogen-bond donors (Lipinski definition) is 2. The minimum absolute atomic E-state index is 0.0397. The Morgan fingerprint density at radius 2 is 1.87 bits per heavy atom. The van der Waals surface area contributed by atoms with Crippen LogP contribution in [0.25, 0.3) is 0 Å². The number of nitrogens with one attached hydrogen (secondary N) is 1. The smallest absolute Gasteiger partial charge is 0.239 e. The van der Waals surface area contributed by atoms with Crippen LogP contribution in [0.3, 0.4) is 0 Å². The number of benzene rings is 1. The van der Waals surface area contributed by atoms with Crippen LogP contribution in [0.2, 0.25) is 0 Å². The van der Waals surface area contributed by atoms with Crippen LogP contribution in [0.15, 0.2) is 24.3 Å². The molecule has 0 aliphatic rings. The highest BCUT2D eigenvalue weighted by Gasteiger charge is 2.17. The van der Waals surface area contributed by atoms with E-state index in [1.165, 1.54) is 31.4 Å². The zero-order chi connectivity index (χ0) is 17.1. The molecule has 0 aromatic heterocycles. The monoisotopic (exact) mass is 322 g/mol. The molecule has 1 atom stereocenters. The van der Waals surface area contributed by atoms with E-state index in [1.807, 2.05) is 0 Å². The molecule has 0 saturated carbocycles. The normalized spacial score (nSPS) is 11.9. The van der Waals surface area contributed by atoms with E-state index in [1.54, 1.807) is 12.1 Å². The first kappa shape index (κ1) is 19.1. The molecule has 0 fully saturated rings. The number of nitrogens with two attached hydrogens (primary N) is 1. The van der Waals surface area contributed by atoms with Crippen molar-refractivity contribution < 1.29 is 14.0 Å². The Labute approximate surface area is 137 Å². The van der Waals surface area contributed by atoms with Gasteiger partial charge in [-0.2, -0.15) is 0 Å².